The van der Waals surface area contributed by atoms with E-state index in [9.17, 15) is 4.79 Å². The second kappa shape index (κ2) is 9.22. The van der Waals surface area contributed by atoms with Gasteiger partial charge in [-0.1, -0.05) is 0 Å². The molecule has 3 N–H and O–H groups in total. The highest BCUT2D eigenvalue weighted by atomic mass is 16.5. The summed E-state index contributed by atoms with van der Waals surface area (Å²) >= 11 is 0. The van der Waals surface area contributed by atoms with Crippen molar-refractivity contribution in [3.05, 3.63) is 0 Å². The van der Waals surface area contributed by atoms with Crippen molar-refractivity contribution in [2.24, 2.45) is 5.73 Å². The van der Waals surface area contributed by atoms with E-state index in [0.717, 1.165) is 0 Å². The van der Waals surface area contributed by atoms with E-state index in [4.69, 9.17) is 9.90 Å². The molecule has 48 valence electrons. The van der Waals surface area contributed by atoms with Crippen LogP contribution < -0.4 is 5.73 Å². The van der Waals surface area contributed by atoms with Crippen LogP contribution in [0.4, 0.5) is 4.79 Å². The number of methoxy groups -OCH3 is 1. The van der Waals surface area contributed by atoms with E-state index in [-0.39, 0.29) is 6.47 Å². The molecular formula is C3H7NO4. The lowest BCUT2D eigenvalue weighted by molar-refractivity contribution is -0.122. The Morgan fingerprint density at radius 3 is 2.00 bits per heavy atom. The lowest BCUT2D eigenvalue weighted by Crippen LogP contribution is -2.08. The maximum absolute atomic E-state index is 9.37. The summed E-state index contributed by atoms with van der Waals surface area (Å²) in [6.07, 6.45) is -0.745. The normalized spacial score (nSPS) is 5.62. The standard InChI is InChI=1S/C2H5NO2.CH2O2/c1-5-2(3)4;2-1-3/h1H3,(H2,3,4);1H,(H,2,3). The van der Waals surface area contributed by atoms with E-state index in [1.807, 2.05) is 0 Å². The highest BCUT2D eigenvalue weighted by molar-refractivity contribution is 5.64. The van der Waals surface area contributed by atoms with Crippen molar-refractivity contribution in [2.45, 2.75) is 0 Å². The number of carbonyl (C=O) groups is 2. The summed E-state index contributed by atoms with van der Waals surface area (Å²) in [5.74, 6) is 0. The lowest BCUT2D eigenvalue weighted by atomic mass is 11.3. The Hall–Kier alpha value is -1.26. The minimum Gasteiger partial charge on any atom is -0.483 e. The third-order valence-electron chi connectivity index (χ3n) is 0.201. The molecule has 5 heteroatoms. The van der Waals surface area contributed by atoms with Crippen LogP contribution in [0.15, 0.2) is 0 Å². The zero-order chi connectivity index (χ0) is 6.99. The second-order valence-corrected chi connectivity index (χ2v) is 0.629. The molecule has 0 aromatic carbocycles. The minimum atomic E-state index is -0.745. The molecule has 0 aliphatic rings. The fraction of sp³-hybridized carbons (Fsp3) is 0.333. The van der Waals surface area contributed by atoms with Gasteiger partial charge in [0.25, 0.3) is 6.47 Å². The first-order valence-corrected chi connectivity index (χ1v) is 1.60. The van der Waals surface area contributed by atoms with Gasteiger partial charge in [-0.05, 0) is 0 Å². The zero-order valence-corrected chi connectivity index (χ0v) is 4.33. The number of hydrogen-bond donors (Lipinski definition) is 2. The zero-order valence-electron chi connectivity index (χ0n) is 4.33. The maximum atomic E-state index is 9.37. The average molecular weight is 121 g/mol. The lowest BCUT2D eigenvalue weighted by Gasteiger charge is -1.81. The number of hydrogen-bond acceptors (Lipinski definition) is 3. The quantitative estimate of drug-likeness (QED) is 0.419. The molecule has 0 aliphatic heterocycles. The smallest absolute Gasteiger partial charge is 0.404 e. The Labute approximate surface area is 46.0 Å². The Bertz CT molecular complexity index is 71.7. The van der Waals surface area contributed by atoms with Crippen molar-refractivity contribution in [1.82, 2.24) is 0 Å². The van der Waals surface area contributed by atoms with Crippen molar-refractivity contribution in [3.63, 3.8) is 0 Å². The topological polar surface area (TPSA) is 89.6 Å². The Morgan fingerprint density at radius 2 is 2.00 bits per heavy atom. The highest BCUT2D eigenvalue weighted by Crippen LogP contribution is 1.55. The molecule has 0 fully saturated rings. The molecular weight excluding hydrogens is 114 g/mol. The maximum Gasteiger partial charge on any atom is 0.404 e. The van der Waals surface area contributed by atoms with Crippen LogP contribution in [0.25, 0.3) is 0 Å². The molecule has 0 radical (unpaired) electrons. The summed E-state index contributed by atoms with van der Waals surface area (Å²) in [4.78, 5) is 17.7. The van der Waals surface area contributed by atoms with Crippen LogP contribution in [-0.2, 0) is 9.53 Å². The van der Waals surface area contributed by atoms with Gasteiger partial charge in [0.15, 0.2) is 0 Å². The summed E-state index contributed by atoms with van der Waals surface area (Å²) in [5.41, 5.74) is 4.43. The van der Waals surface area contributed by atoms with Crippen molar-refractivity contribution in [2.75, 3.05) is 7.11 Å². The number of amides is 1. The van der Waals surface area contributed by atoms with Crippen LogP contribution >= 0.6 is 0 Å². The predicted molar refractivity (Wildman–Crippen MR) is 25.3 cm³/mol. The van der Waals surface area contributed by atoms with Crippen molar-refractivity contribution < 1.29 is 19.4 Å². The fourth-order valence-corrected chi connectivity index (χ4v) is 0. The second-order valence-electron chi connectivity index (χ2n) is 0.629. The number of rotatable bonds is 0. The van der Waals surface area contributed by atoms with E-state index in [1.54, 1.807) is 0 Å². The van der Waals surface area contributed by atoms with E-state index in [2.05, 4.69) is 10.5 Å². The molecule has 5 nitrogen and oxygen atoms in total. The Morgan fingerprint density at radius 1 is 1.88 bits per heavy atom. The number of ether oxygens (including phenoxy) is 1. The number of primary amides is 1. The van der Waals surface area contributed by atoms with Crippen LogP contribution in [0.2, 0.25) is 0 Å². The molecule has 0 unspecified atom stereocenters. The Balaban J connectivity index is 0. The molecule has 0 aromatic heterocycles. The first kappa shape index (κ1) is 9.88. The molecule has 0 aromatic rings. The first-order chi connectivity index (χ1) is 3.68. The van der Waals surface area contributed by atoms with Gasteiger partial charge in [0.05, 0.1) is 7.11 Å². The van der Waals surface area contributed by atoms with Gasteiger partial charge in [-0.15, -0.1) is 0 Å². The molecule has 0 aliphatic carbocycles. The number of carboxylic acid groups (broad SMARTS) is 1. The van der Waals surface area contributed by atoms with Gasteiger partial charge < -0.3 is 15.6 Å². The van der Waals surface area contributed by atoms with Crippen LogP contribution in [-0.4, -0.2) is 24.8 Å². The van der Waals surface area contributed by atoms with Gasteiger partial charge in [0, 0.05) is 0 Å². The van der Waals surface area contributed by atoms with E-state index >= 15 is 0 Å². The van der Waals surface area contributed by atoms with E-state index in [0.29, 0.717) is 0 Å². The van der Waals surface area contributed by atoms with E-state index in [1.165, 1.54) is 7.11 Å². The van der Waals surface area contributed by atoms with Crippen molar-refractivity contribution in [1.29, 1.82) is 0 Å². The third kappa shape index (κ3) is 121. The molecule has 0 heterocycles. The molecule has 1 amide bonds. The molecule has 0 spiro atoms. The largest absolute Gasteiger partial charge is 0.483 e. The van der Waals surface area contributed by atoms with Crippen LogP contribution in [0, 0.1) is 0 Å². The number of carbonyl (C=O) groups excluding carboxylic acids is 1. The molecule has 0 atom stereocenters. The number of nitrogens with two attached hydrogens (primary N) is 1. The molecule has 0 bridgehead atoms. The van der Waals surface area contributed by atoms with E-state index < -0.39 is 6.09 Å². The SMILES string of the molecule is COC(N)=O.O=CO. The fourth-order valence-electron chi connectivity index (χ4n) is 0. The molecule has 0 saturated heterocycles. The van der Waals surface area contributed by atoms with Crippen molar-refractivity contribution in [3.8, 4) is 0 Å². The molecule has 8 heavy (non-hydrogen) atoms. The Kier molecular flexibility index (Phi) is 11.4. The average Bonchev–Trinajstić information content (AvgIpc) is 1.69. The van der Waals surface area contributed by atoms with Gasteiger partial charge in [0.1, 0.15) is 0 Å². The van der Waals surface area contributed by atoms with Gasteiger partial charge >= 0.3 is 6.09 Å². The van der Waals surface area contributed by atoms with Gasteiger partial charge in [0.2, 0.25) is 0 Å². The highest BCUT2D eigenvalue weighted by Gasteiger charge is 1.76. The summed E-state index contributed by atoms with van der Waals surface area (Å²) in [6, 6.07) is 0. The van der Waals surface area contributed by atoms with Crippen molar-refractivity contribution >= 4 is 12.6 Å². The van der Waals surface area contributed by atoms with Crippen LogP contribution in [0.5, 0.6) is 0 Å². The summed E-state index contributed by atoms with van der Waals surface area (Å²) < 4.78 is 3.89. The summed E-state index contributed by atoms with van der Waals surface area (Å²) in [5, 5.41) is 6.89. The monoisotopic (exact) mass is 121 g/mol. The predicted octanol–water partition coefficient (Wildman–Crippen LogP) is -0.588. The summed E-state index contributed by atoms with van der Waals surface area (Å²) in [7, 11) is 1.22. The van der Waals surface area contributed by atoms with Crippen LogP contribution in [0.3, 0.4) is 0 Å². The minimum absolute atomic E-state index is 0.250. The third-order valence-corrected chi connectivity index (χ3v) is 0.201. The van der Waals surface area contributed by atoms with Gasteiger partial charge in [-0.3, -0.25) is 4.79 Å². The molecule has 0 saturated carbocycles. The first-order valence-electron chi connectivity index (χ1n) is 1.60. The summed E-state index contributed by atoms with van der Waals surface area (Å²) in [6.45, 7) is -0.250. The van der Waals surface area contributed by atoms with Crippen LogP contribution in [0.1, 0.15) is 0 Å². The van der Waals surface area contributed by atoms with Gasteiger partial charge in [-0.25, -0.2) is 4.79 Å². The molecule has 0 rings (SSSR count). The van der Waals surface area contributed by atoms with Gasteiger partial charge in [-0.2, -0.15) is 0 Å².